The molecule has 12 aromatic heterocycles. The maximum absolute atomic E-state index is 12.3. The lowest BCUT2D eigenvalue weighted by Crippen LogP contribution is -2.40. The molecule has 1 saturated carbocycles. The second-order valence-corrected chi connectivity index (χ2v) is 47.5. The van der Waals surface area contributed by atoms with Crippen LogP contribution in [0.1, 0.15) is 328 Å². The summed E-state index contributed by atoms with van der Waals surface area (Å²) in [7, 11) is 2.89. The maximum Gasteiger partial charge on any atom is 0.271 e. The number of pyridine rings is 3. The van der Waals surface area contributed by atoms with E-state index in [1.807, 2.05) is 106 Å². The Balaban J connectivity index is 0.000000162. The number of nitrogens with one attached hydrogen (secondary N) is 3. The molecule has 1 fully saturated rings. The van der Waals surface area contributed by atoms with E-state index in [4.69, 9.17) is 9.85 Å². The number of aromatic nitrogens is 15. The van der Waals surface area contributed by atoms with Gasteiger partial charge in [-0.15, -0.1) is 0 Å². The molecule has 6 atom stereocenters. The van der Waals surface area contributed by atoms with Crippen LogP contribution >= 0.6 is 0 Å². The number of hydrogen-bond donors (Lipinski definition) is 4. The highest BCUT2D eigenvalue weighted by molar-refractivity contribution is 6.61. The minimum absolute atomic E-state index is 0.00940. The zero-order valence-electron chi connectivity index (χ0n) is 95.9. The smallest absolute Gasteiger partial charge is 0.271 e. The van der Waals surface area contributed by atoms with Gasteiger partial charge in [0.2, 0.25) is 5.91 Å². The van der Waals surface area contributed by atoms with Gasteiger partial charge in [-0.3, -0.25) is 71.5 Å². The van der Waals surface area contributed by atoms with Crippen LogP contribution in [0.4, 0.5) is 0 Å². The Morgan fingerprint density at radius 2 is 0.779 bits per heavy atom. The zero-order valence-corrected chi connectivity index (χ0v) is 92.9. The summed E-state index contributed by atoms with van der Waals surface area (Å²) in [5, 5.41) is 21.6. The molecule has 32 nitrogen and oxygen atoms in total. The van der Waals surface area contributed by atoms with Crippen molar-refractivity contribution in [3.8, 4) is 0 Å². The first-order chi connectivity index (χ1) is 70.4. The van der Waals surface area contributed by atoms with Crippen LogP contribution in [0.15, 0.2) is 232 Å². The largest absolute Gasteiger partial charge is 0.364 e. The minimum atomic E-state index is -2.47. The van der Waals surface area contributed by atoms with Gasteiger partial charge in [0, 0.05) is 99.0 Å². The number of amides is 5. The molecule has 0 spiro atoms. The van der Waals surface area contributed by atoms with Crippen LogP contribution in [0.2, 0.25) is 0 Å². The van der Waals surface area contributed by atoms with Gasteiger partial charge in [-0.25, -0.2) is 43.5 Å². The molecule has 3 aliphatic heterocycles. The van der Waals surface area contributed by atoms with E-state index in [0.717, 1.165) is 51.7 Å². The predicted octanol–water partition coefficient (Wildman–Crippen LogP) is 20.0. The molecule has 0 aromatic carbocycles. The number of allylic oxidation sites excluding steroid dienone is 7. The lowest BCUT2D eigenvalue weighted by molar-refractivity contribution is -0.122. The number of hydrogen-bond acceptors (Lipinski definition) is 21. The van der Waals surface area contributed by atoms with Gasteiger partial charge in [0.05, 0.1) is 96.9 Å². The summed E-state index contributed by atoms with van der Waals surface area (Å²) in [5.41, 5.74) is 24.6. The average molecular weight is 2030 g/mol. The molecule has 6 unspecified atom stereocenters. The Hall–Kier alpha value is -14.9. The molecule has 0 radical (unpaired) electrons. The highest BCUT2D eigenvalue weighted by Gasteiger charge is 2.35. The van der Waals surface area contributed by atoms with Crippen LogP contribution in [0.3, 0.4) is 0 Å². The molecule has 7 aliphatic rings. The number of fused-ring (bicyclic) bond motifs is 9. The number of aliphatic imine (C=N–C) groups is 4. The van der Waals surface area contributed by atoms with E-state index in [2.05, 4.69) is 336 Å². The topological polar surface area (TPSA) is 394 Å². The molecule has 19 rings (SSSR count). The number of carbonyl (C=O) groups is 8. The molecular weight excluding hydrogens is 1870 g/mol. The number of ketones is 3. The van der Waals surface area contributed by atoms with Crippen LogP contribution in [0, 0.1) is 28.1 Å². The Morgan fingerprint density at radius 1 is 0.416 bits per heavy atom. The van der Waals surface area contributed by atoms with Gasteiger partial charge in [0.25, 0.3) is 23.6 Å². The van der Waals surface area contributed by atoms with E-state index >= 15 is 0 Å². The summed E-state index contributed by atoms with van der Waals surface area (Å²) in [4.78, 5) is 136. The van der Waals surface area contributed by atoms with Crippen molar-refractivity contribution in [1.29, 1.82) is 0 Å². The normalized spacial score (nSPS) is 18.1. The third-order valence-corrected chi connectivity index (χ3v) is 25.7. The van der Waals surface area contributed by atoms with Gasteiger partial charge in [-0.1, -0.05) is 265 Å². The van der Waals surface area contributed by atoms with Crippen molar-refractivity contribution in [2.75, 3.05) is 21.1 Å². The molecule has 12 aromatic rings. The number of nitrogens with zero attached hydrogens (tertiary/aromatic N) is 20. The highest BCUT2D eigenvalue weighted by atomic mass is 16.2. The summed E-state index contributed by atoms with van der Waals surface area (Å²) in [6.45, 7) is 61.9. The third-order valence-electron chi connectivity index (χ3n) is 25.7. The molecule has 32 heteroatoms. The Bertz CT molecular complexity index is 7260. The fourth-order valence-corrected chi connectivity index (χ4v) is 15.9. The number of carbonyl (C=O) groups excluding carboxylic acids is 8. The molecule has 0 bridgehead atoms. The molecule has 149 heavy (non-hydrogen) atoms. The first kappa shape index (κ1) is 110. The van der Waals surface area contributed by atoms with Gasteiger partial charge >= 0.3 is 0 Å². The van der Waals surface area contributed by atoms with E-state index in [-0.39, 0.29) is 114 Å². The standard InChI is InChI=1S/C15H19N3O.C14H19N3O.C14H18N2O.C14H19N.C13H17N3O.2C12H15N3O.C12H16N2O.C11H14N4O/c1-15(2,3)10-4-7-13-16-8-12(18(13)9-10)14(19)17-11-5-6-11;1-14(2,3)10-6-7-12-15-8-11(17(12)9-10)13(18)16(4)5;1-9(17)13-8-15-11-6-5-10(14(2,3)4)7-12(11)16-13;1-10-7-8-15-13-6-5-11(9-12(10)13)14(2,3)4;1-13(2,3)9-5-6-11-15-7-10(12(17)14-4)16(11)8-9;2*1-8(16)9-7-13-11-6-5-10(12(2,3)4)14-15(9)11;1-12(2,3)8-4-5-10-9(6-8)11(15)14-7-13-10;1-11(2,3)8-4-5-9-13-6-7(10(12)16)15(9)14-8/h4,7-9,11H,5-6H2,1-3H3,(H,17,19);6-9H,1-5H3;5-8,11-12H,1-4H3;5-9,12-13H,1-4H3;5-8H,1-4H3,(H,14,17);2*5-7H,1-4H3;4-7,9-10H,1-3H3,(H,13,14,15);4-6H,1-3H3,(H2,12,16)/i;4D3;;;;;;;. The molecule has 788 valence electrons. The number of primary amides is 1. The van der Waals surface area contributed by atoms with Gasteiger partial charge < -0.3 is 26.6 Å². The van der Waals surface area contributed by atoms with E-state index in [1.54, 1.807) is 51.5 Å². The van der Waals surface area contributed by atoms with E-state index in [1.165, 1.54) is 84.5 Å². The van der Waals surface area contributed by atoms with E-state index in [9.17, 15) is 38.4 Å². The van der Waals surface area contributed by atoms with Gasteiger partial charge in [-0.05, 0) is 146 Å². The lowest BCUT2D eigenvalue weighted by atomic mass is 9.77. The highest BCUT2D eigenvalue weighted by Crippen LogP contribution is 2.39. The average Bonchev–Trinajstić information content (AvgIpc) is 1.61. The maximum atomic E-state index is 12.3. The fraction of sp³-hybridized carbons (Fsp3) is 0.444. The number of nitrogens with two attached hydrogens (primary N) is 1. The summed E-state index contributed by atoms with van der Waals surface area (Å²) < 4.78 is 32.1. The number of imidazole rings is 6. The van der Waals surface area contributed by atoms with Gasteiger partial charge in [-0.2, -0.15) is 15.3 Å². The Morgan fingerprint density at radius 3 is 1.16 bits per heavy atom. The van der Waals surface area contributed by atoms with Crippen molar-refractivity contribution in [1.82, 2.24) is 92.8 Å². The summed E-state index contributed by atoms with van der Waals surface area (Å²) in [6.07, 6.45) is 43.7. The first-order valence-corrected chi connectivity index (χ1v) is 50.4. The molecule has 0 saturated heterocycles. The Labute approximate surface area is 880 Å². The minimum Gasteiger partial charge on any atom is -0.364 e. The van der Waals surface area contributed by atoms with Crippen molar-refractivity contribution < 1.29 is 42.5 Å². The van der Waals surface area contributed by atoms with Crippen LogP contribution in [0.5, 0.6) is 0 Å². The van der Waals surface area contributed by atoms with Crippen molar-refractivity contribution in [3.63, 3.8) is 0 Å². The second kappa shape index (κ2) is 45.5. The summed E-state index contributed by atoms with van der Waals surface area (Å²) in [5.74, 6) is -0.918. The molecular formula is C117H152N24O8. The van der Waals surface area contributed by atoms with Crippen molar-refractivity contribution in [3.05, 3.63) is 280 Å². The Kier molecular flexibility index (Phi) is 33.5. The monoisotopic (exact) mass is 2020 g/mol. The quantitative estimate of drug-likeness (QED) is 0.103. The fourth-order valence-electron chi connectivity index (χ4n) is 15.9. The zero-order chi connectivity index (χ0) is 113. The van der Waals surface area contributed by atoms with Crippen LogP contribution in [0.25, 0.3) is 33.9 Å². The lowest BCUT2D eigenvalue weighted by Gasteiger charge is -2.31. The first-order valence-electron chi connectivity index (χ1n) is 51.9. The van der Waals surface area contributed by atoms with Crippen molar-refractivity contribution in [2.45, 2.75) is 290 Å². The molecule has 5 amide bonds. The van der Waals surface area contributed by atoms with Crippen molar-refractivity contribution in [2.24, 2.45) is 53.8 Å². The van der Waals surface area contributed by atoms with Crippen LogP contribution < -0.4 is 21.7 Å². The van der Waals surface area contributed by atoms with Crippen LogP contribution in [-0.2, 0) is 42.1 Å². The van der Waals surface area contributed by atoms with Gasteiger partial charge in [0.1, 0.15) is 56.8 Å². The molecule has 4 aliphatic carbocycles. The van der Waals surface area contributed by atoms with Crippen LogP contribution in [-0.4, -0.2) is 199 Å². The summed E-state index contributed by atoms with van der Waals surface area (Å²) >= 11 is 0. The molecule has 5 N–H and O–H groups in total. The van der Waals surface area contributed by atoms with E-state index < -0.39 is 18.8 Å². The number of dihydropyridines is 1. The predicted molar refractivity (Wildman–Crippen MR) is 595 cm³/mol. The number of Topliss-reactive ketones (excluding diaryl/α,β-unsaturated/α-hetero) is 3. The molecule has 15 heterocycles. The number of rotatable bonds is 8. The van der Waals surface area contributed by atoms with E-state index in [0.29, 0.717) is 74.8 Å². The summed E-state index contributed by atoms with van der Waals surface area (Å²) in [6, 6.07) is 24.0. The second-order valence-electron chi connectivity index (χ2n) is 47.5. The SMILES string of the molecule is CC(=O)C1=NC2C=C(C(C)(C)C)C=CC2N=C1.CC(=O)c1cnc2ccc(C(C)(C)C)nn12.CC(=O)c1cnc2ccc(C(C)(C)C)nn12.CC(C)(C)C1=CC2C(=O)NC=NC2C=C1.CC(C)(C)c1ccc2ncc(C(=O)NC3CC3)n2c1.CC(C)(C)c1ccc2ncc(C(N)=O)n2n1.CC1=CC=NC2C=CC(C(C)(C)C)=CC12.CNC(=O)c1cnc2ccc(C(C)(C)C)cn12.[2H]C([2H])([2H])N(C)C(=O)c1cnc2ccc(C(C)(C)C)cn12. The van der Waals surface area contributed by atoms with Gasteiger partial charge in [0.15, 0.2) is 34.3 Å². The van der Waals surface area contributed by atoms with Crippen molar-refractivity contribution >= 4 is 105 Å². The third kappa shape index (κ3) is 29.2.